The fourth-order valence-corrected chi connectivity index (χ4v) is 1.87. The molecule has 1 rings (SSSR count). The summed E-state index contributed by atoms with van der Waals surface area (Å²) in [6.45, 7) is 2.52. The zero-order chi connectivity index (χ0) is 16.0. The Bertz CT molecular complexity index is 514. The van der Waals surface area contributed by atoms with Gasteiger partial charge in [0, 0.05) is 18.7 Å². The van der Waals surface area contributed by atoms with Gasteiger partial charge >= 0.3 is 5.97 Å². The zero-order valence-electron chi connectivity index (χ0n) is 12.9. The third-order valence-corrected chi connectivity index (χ3v) is 3.09. The van der Waals surface area contributed by atoms with E-state index in [2.05, 4.69) is 0 Å². The van der Waals surface area contributed by atoms with E-state index in [0.29, 0.717) is 24.4 Å². The van der Waals surface area contributed by atoms with Crippen molar-refractivity contribution in [2.75, 3.05) is 40.8 Å². The molecular weight excluding hydrogens is 272 g/mol. The van der Waals surface area contributed by atoms with Crippen molar-refractivity contribution in [3.05, 3.63) is 29.3 Å². The maximum Gasteiger partial charge on any atom is 0.323 e. The van der Waals surface area contributed by atoms with Gasteiger partial charge in [0.15, 0.2) is 0 Å². The second-order valence-electron chi connectivity index (χ2n) is 5.11. The van der Waals surface area contributed by atoms with E-state index in [1.807, 2.05) is 25.9 Å². The number of amides is 1. The van der Waals surface area contributed by atoms with Gasteiger partial charge in [-0.1, -0.05) is 6.07 Å². The van der Waals surface area contributed by atoms with Gasteiger partial charge in [-0.15, -0.1) is 0 Å². The molecule has 0 saturated carbocycles. The van der Waals surface area contributed by atoms with Gasteiger partial charge in [-0.25, -0.2) is 0 Å². The Hall–Kier alpha value is -2.08. The van der Waals surface area contributed by atoms with E-state index in [4.69, 9.17) is 9.84 Å². The van der Waals surface area contributed by atoms with Crippen molar-refractivity contribution < 1.29 is 19.4 Å². The predicted molar refractivity (Wildman–Crippen MR) is 79.8 cm³/mol. The monoisotopic (exact) mass is 294 g/mol. The molecule has 0 aromatic heterocycles. The molecular formula is C15H22N2O4. The fourth-order valence-electron chi connectivity index (χ4n) is 1.87. The van der Waals surface area contributed by atoms with Gasteiger partial charge in [-0.05, 0) is 38.7 Å². The Labute approximate surface area is 124 Å². The van der Waals surface area contributed by atoms with Crippen LogP contribution in [-0.4, -0.2) is 67.6 Å². The number of aryl methyl sites for hydroxylation is 1. The van der Waals surface area contributed by atoms with Gasteiger partial charge in [0.25, 0.3) is 5.91 Å². The molecule has 1 amide bonds. The van der Waals surface area contributed by atoms with E-state index in [9.17, 15) is 9.59 Å². The molecule has 6 heteroatoms. The number of hydrogen-bond donors (Lipinski definition) is 1. The van der Waals surface area contributed by atoms with Crippen molar-refractivity contribution >= 4 is 11.9 Å². The molecule has 0 atom stereocenters. The highest BCUT2D eigenvalue weighted by molar-refractivity contribution is 5.96. The molecule has 0 heterocycles. The van der Waals surface area contributed by atoms with E-state index in [-0.39, 0.29) is 12.5 Å². The normalized spacial score (nSPS) is 10.5. The fraction of sp³-hybridized carbons (Fsp3) is 0.467. The first kappa shape index (κ1) is 17.0. The SMILES string of the molecule is COc1cc(C(=O)N(CCN(C)C)CC(=O)O)ccc1C. The van der Waals surface area contributed by atoms with Crippen LogP contribution in [0.4, 0.5) is 0 Å². The molecule has 0 radical (unpaired) electrons. The Kier molecular flexibility index (Phi) is 6.17. The topological polar surface area (TPSA) is 70.1 Å². The third-order valence-electron chi connectivity index (χ3n) is 3.09. The predicted octanol–water partition coefficient (Wildman–Crippen LogP) is 1.09. The van der Waals surface area contributed by atoms with Crippen molar-refractivity contribution in [3.63, 3.8) is 0 Å². The molecule has 1 aromatic rings. The Morgan fingerprint density at radius 1 is 1.24 bits per heavy atom. The molecule has 0 fully saturated rings. The second-order valence-corrected chi connectivity index (χ2v) is 5.11. The van der Waals surface area contributed by atoms with Crippen LogP contribution in [0.15, 0.2) is 18.2 Å². The first-order valence-electron chi connectivity index (χ1n) is 6.65. The van der Waals surface area contributed by atoms with Gasteiger partial charge in [-0.2, -0.15) is 0 Å². The molecule has 0 saturated heterocycles. The average molecular weight is 294 g/mol. The molecule has 0 aliphatic carbocycles. The summed E-state index contributed by atoms with van der Waals surface area (Å²) in [5.41, 5.74) is 1.35. The lowest BCUT2D eigenvalue weighted by Crippen LogP contribution is -2.40. The maximum absolute atomic E-state index is 12.5. The van der Waals surface area contributed by atoms with Crippen LogP contribution in [-0.2, 0) is 4.79 Å². The van der Waals surface area contributed by atoms with E-state index in [1.54, 1.807) is 18.2 Å². The molecule has 0 spiro atoms. The van der Waals surface area contributed by atoms with Crippen LogP contribution in [0.3, 0.4) is 0 Å². The van der Waals surface area contributed by atoms with Crippen molar-refractivity contribution in [2.45, 2.75) is 6.92 Å². The van der Waals surface area contributed by atoms with E-state index >= 15 is 0 Å². The summed E-state index contributed by atoms with van der Waals surface area (Å²) in [6.07, 6.45) is 0. The van der Waals surface area contributed by atoms with Crippen molar-refractivity contribution in [1.82, 2.24) is 9.80 Å². The number of carboxylic acids is 1. The van der Waals surface area contributed by atoms with Gasteiger partial charge in [0.05, 0.1) is 7.11 Å². The molecule has 0 aliphatic rings. The number of hydrogen-bond acceptors (Lipinski definition) is 4. The molecule has 116 valence electrons. The molecule has 1 N–H and O–H groups in total. The lowest BCUT2D eigenvalue weighted by molar-refractivity contribution is -0.137. The number of nitrogens with zero attached hydrogens (tertiary/aromatic N) is 2. The lowest BCUT2D eigenvalue weighted by atomic mass is 10.1. The van der Waals surface area contributed by atoms with E-state index in [0.717, 1.165) is 5.56 Å². The number of methoxy groups -OCH3 is 1. The highest BCUT2D eigenvalue weighted by Gasteiger charge is 2.19. The summed E-state index contributed by atoms with van der Waals surface area (Å²) < 4.78 is 5.20. The number of carbonyl (C=O) groups excluding carboxylic acids is 1. The van der Waals surface area contributed by atoms with Gasteiger partial charge < -0.3 is 19.6 Å². The summed E-state index contributed by atoms with van der Waals surface area (Å²) in [5.74, 6) is -0.720. The van der Waals surface area contributed by atoms with Crippen LogP contribution in [0.25, 0.3) is 0 Å². The van der Waals surface area contributed by atoms with Gasteiger partial charge in [0.2, 0.25) is 0 Å². The van der Waals surface area contributed by atoms with Crippen LogP contribution >= 0.6 is 0 Å². The lowest BCUT2D eigenvalue weighted by Gasteiger charge is -2.23. The Balaban J connectivity index is 2.95. The van der Waals surface area contributed by atoms with Crippen LogP contribution in [0, 0.1) is 6.92 Å². The summed E-state index contributed by atoms with van der Waals surface area (Å²) >= 11 is 0. The van der Waals surface area contributed by atoms with E-state index < -0.39 is 5.97 Å². The number of benzene rings is 1. The summed E-state index contributed by atoms with van der Waals surface area (Å²) in [4.78, 5) is 26.6. The quantitative estimate of drug-likeness (QED) is 0.815. The second kappa shape index (κ2) is 7.64. The third kappa shape index (κ3) is 5.07. The molecule has 0 bridgehead atoms. The first-order valence-corrected chi connectivity index (χ1v) is 6.65. The average Bonchev–Trinajstić information content (AvgIpc) is 2.42. The van der Waals surface area contributed by atoms with Crippen molar-refractivity contribution in [1.29, 1.82) is 0 Å². The minimum atomic E-state index is -1.03. The molecule has 0 aliphatic heterocycles. The summed E-state index contributed by atoms with van der Waals surface area (Å²) in [5, 5.41) is 8.96. The number of aliphatic carboxylic acids is 1. The van der Waals surface area contributed by atoms with Crippen LogP contribution < -0.4 is 4.74 Å². The highest BCUT2D eigenvalue weighted by Crippen LogP contribution is 2.20. The molecule has 6 nitrogen and oxygen atoms in total. The van der Waals surface area contributed by atoms with Crippen molar-refractivity contribution in [3.8, 4) is 5.75 Å². The van der Waals surface area contributed by atoms with Gasteiger partial charge in [-0.3, -0.25) is 9.59 Å². The smallest absolute Gasteiger partial charge is 0.323 e. The molecule has 21 heavy (non-hydrogen) atoms. The van der Waals surface area contributed by atoms with Crippen LogP contribution in [0.1, 0.15) is 15.9 Å². The number of carbonyl (C=O) groups is 2. The van der Waals surface area contributed by atoms with Crippen LogP contribution in [0.2, 0.25) is 0 Å². The zero-order valence-corrected chi connectivity index (χ0v) is 12.9. The minimum Gasteiger partial charge on any atom is -0.496 e. The number of likely N-dealkylation sites (N-methyl/N-ethyl adjacent to an activating group) is 1. The Morgan fingerprint density at radius 2 is 1.90 bits per heavy atom. The van der Waals surface area contributed by atoms with Gasteiger partial charge in [0.1, 0.15) is 12.3 Å². The summed E-state index contributed by atoms with van der Waals surface area (Å²) in [6, 6.07) is 5.11. The van der Waals surface area contributed by atoms with E-state index in [1.165, 1.54) is 12.0 Å². The minimum absolute atomic E-state index is 0.308. The number of carboxylic acid groups (broad SMARTS) is 1. The largest absolute Gasteiger partial charge is 0.496 e. The highest BCUT2D eigenvalue weighted by atomic mass is 16.5. The number of rotatable bonds is 7. The molecule has 0 unspecified atom stereocenters. The first-order chi connectivity index (χ1) is 9.85. The molecule has 1 aromatic carbocycles. The maximum atomic E-state index is 12.5. The number of ether oxygens (including phenoxy) is 1. The summed E-state index contributed by atoms with van der Waals surface area (Å²) in [7, 11) is 5.29. The Morgan fingerprint density at radius 3 is 2.43 bits per heavy atom. The van der Waals surface area contributed by atoms with Crippen molar-refractivity contribution in [2.24, 2.45) is 0 Å². The standard InChI is InChI=1S/C15H22N2O4/c1-11-5-6-12(9-13(11)21-4)15(20)17(10-14(18)19)8-7-16(2)3/h5-6,9H,7-8,10H2,1-4H3,(H,18,19). The van der Waals surface area contributed by atoms with Crippen LogP contribution in [0.5, 0.6) is 5.75 Å².